The van der Waals surface area contributed by atoms with E-state index in [4.69, 9.17) is 21.1 Å². The standard InChI is InChI=1S/C18H23ClN2O5S2/c1-4-9-26-14-6-5-13(10-15(14)25-3)11-20-17(22)12-21(2)28(23,24)18-8-7-16(19)27-18/h5-8,10H,4,9,11-12H2,1-3H3,(H,20,22). The average Bonchev–Trinajstić information content (AvgIpc) is 3.12. The van der Waals surface area contributed by atoms with Crippen LogP contribution in [-0.4, -0.2) is 45.9 Å². The molecule has 2 aromatic rings. The van der Waals surface area contributed by atoms with Gasteiger partial charge in [0.05, 0.1) is 24.6 Å². The summed E-state index contributed by atoms with van der Waals surface area (Å²) in [6.45, 7) is 2.54. The summed E-state index contributed by atoms with van der Waals surface area (Å²) in [5.41, 5.74) is 0.810. The fourth-order valence-corrected chi connectivity index (χ4v) is 5.11. The summed E-state index contributed by atoms with van der Waals surface area (Å²) >= 11 is 6.74. The number of benzene rings is 1. The number of amides is 1. The topological polar surface area (TPSA) is 84.9 Å². The van der Waals surface area contributed by atoms with Crippen molar-refractivity contribution in [1.29, 1.82) is 0 Å². The third-order valence-electron chi connectivity index (χ3n) is 3.76. The SMILES string of the molecule is CCCOc1ccc(CNC(=O)CN(C)S(=O)(=O)c2ccc(Cl)s2)cc1OC. The number of hydrogen-bond acceptors (Lipinski definition) is 6. The Balaban J connectivity index is 1.94. The Labute approximate surface area is 174 Å². The molecule has 2 rings (SSSR count). The highest BCUT2D eigenvalue weighted by Crippen LogP contribution is 2.29. The molecule has 0 aliphatic rings. The molecule has 0 radical (unpaired) electrons. The van der Waals surface area contributed by atoms with Gasteiger partial charge in [0.1, 0.15) is 4.21 Å². The number of nitrogens with zero attached hydrogens (tertiary/aromatic N) is 1. The first-order valence-corrected chi connectivity index (χ1v) is 11.2. The Morgan fingerprint density at radius 2 is 2.00 bits per heavy atom. The molecule has 1 amide bonds. The van der Waals surface area contributed by atoms with E-state index in [-0.39, 0.29) is 17.3 Å². The van der Waals surface area contributed by atoms with Crippen LogP contribution in [0.1, 0.15) is 18.9 Å². The summed E-state index contributed by atoms with van der Waals surface area (Å²) in [6.07, 6.45) is 0.884. The Morgan fingerprint density at radius 3 is 2.61 bits per heavy atom. The van der Waals surface area contributed by atoms with E-state index >= 15 is 0 Å². The van der Waals surface area contributed by atoms with Gasteiger partial charge >= 0.3 is 0 Å². The molecule has 0 aliphatic carbocycles. The van der Waals surface area contributed by atoms with Gasteiger partial charge in [0.25, 0.3) is 10.0 Å². The number of likely N-dealkylation sites (N-methyl/N-ethyl adjacent to an activating group) is 1. The van der Waals surface area contributed by atoms with Crippen LogP contribution in [0.3, 0.4) is 0 Å². The maximum Gasteiger partial charge on any atom is 0.252 e. The van der Waals surface area contributed by atoms with E-state index in [0.717, 1.165) is 27.6 Å². The van der Waals surface area contributed by atoms with Crippen molar-refractivity contribution in [3.05, 3.63) is 40.2 Å². The van der Waals surface area contributed by atoms with E-state index in [1.165, 1.54) is 19.2 Å². The maximum absolute atomic E-state index is 12.4. The van der Waals surface area contributed by atoms with Gasteiger partial charge in [-0.1, -0.05) is 24.6 Å². The van der Waals surface area contributed by atoms with Gasteiger partial charge in [-0.2, -0.15) is 4.31 Å². The van der Waals surface area contributed by atoms with Crippen molar-refractivity contribution >= 4 is 38.9 Å². The molecule has 0 spiro atoms. The second-order valence-electron chi connectivity index (χ2n) is 5.93. The van der Waals surface area contributed by atoms with Gasteiger partial charge in [-0.25, -0.2) is 8.42 Å². The van der Waals surface area contributed by atoms with Crippen LogP contribution in [0.2, 0.25) is 4.34 Å². The highest BCUT2D eigenvalue weighted by molar-refractivity contribution is 7.91. The second kappa shape index (κ2) is 10.1. The largest absolute Gasteiger partial charge is 0.493 e. The Bertz CT molecular complexity index is 914. The van der Waals surface area contributed by atoms with E-state index in [9.17, 15) is 13.2 Å². The molecule has 0 atom stereocenters. The highest BCUT2D eigenvalue weighted by Gasteiger charge is 2.24. The predicted molar refractivity (Wildman–Crippen MR) is 110 cm³/mol. The molecule has 154 valence electrons. The fraction of sp³-hybridized carbons (Fsp3) is 0.389. The van der Waals surface area contributed by atoms with Crippen LogP contribution in [0.15, 0.2) is 34.5 Å². The zero-order chi connectivity index (χ0) is 20.7. The zero-order valence-corrected chi connectivity index (χ0v) is 18.3. The lowest BCUT2D eigenvalue weighted by Crippen LogP contribution is -2.37. The van der Waals surface area contributed by atoms with Crippen molar-refractivity contribution in [3.63, 3.8) is 0 Å². The molecule has 1 aromatic heterocycles. The molecule has 0 fully saturated rings. The number of methoxy groups -OCH3 is 1. The number of rotatable bonds is 10. The number of halogens is 1. The number of thiophene rings is 1. The maximum atomic E-state index is 12.4. The molecule has 1 aromatic carbocycles. The number of carbonyl (C=O) groups is 1. The molecule has 0 unspecified atom stereocenters. The van der Waals surface area contributed by atoms with Crippen LogP contribution < -0.4 is 14.8 Å². The lowest BCUT2D eigenvalue weighted by atomic mass is 10.2. The zero-order valence-electron chi connectivity index (χ0n) is 15.9. The molecule has 1 heterocycles. The minimum Gasteiger partial charge on any atom is -0.493 e. The summed E-state index contributed by atoms with van der Waals surface area (Å²) < 4.78 is 37.2. The van der Waals surface area contributed by atoms with Crippen LogP contribution in [0, 0.1) is 0 Å². The van der Waals surface area contributed by atoms with Gasteiger partial charge in [-0.15, -0.1) is 11.3 Å². The summed E-state index contributed by atoms with van der Waals surface area (Å²) in [5.74, 6) is 0.799. The third kappa shape index (κ3) is 5.84. The van der Waals surface area contributed by atoms with Crippen molar-refractivity contribution in [2.75, 3.05) is 27.3 Å². The van der Waals surface area contributed by atoms with Crippen molar-refractivity contribution in [2.24, 2.45) is 0 Å². The summed E-state index contributed by atoms with van der Waals surface area (Å²) in [7, 11) is -0.850. The molecule has 0 saturated carbocycles. The van der Waals surface area contributed by atoms with Crippen LogP contribution >= 0.6 is 22.9 Å². The first-order chi connectivity index (χ1) is 13.3. The van der Waals surface area contributed by atoms with Crippen molar-refractivity contribution in [2.45, 2.75) is 24.1 Å². The molecular weight excluding hydrogens is 424 g/mol. The lowest BCUT2D eigenvalue weighted by Gasteiger charge is -2.16. The third-order valence-corrected chi connectivity index (χ3v) is 7.26. The van der Waals surface area contributed by atoms with Gasteiger partial charge < -0.3 is 14.8 Å². The van der Waals surface area contributed by atoms with Crippen molar-refractivity contribution < 1.29 is 22.7 Å². The van der Waals surface area contributed by atoms with Gasteiger partial charge in [0, 0.05) is 13.6 Å². The first-order valence-electron chi connectivity index (χ1n) is 8.56. The van der Waals surface area contributed by atoms with Crippen molar-refractivity contribution in [3.8, 4) is 11.5 Å². The van der Waals surface area contributed by atoms with Crippen molar-refractivity contribution in [1.82, 2.24) is 9.62 Å². The fourth-order valence-electron chi connectivity index (χ4n) is 2.29. The number of nitrogens with one attached hydrogen (secondary N) is 1. The molecule has 7 nitrogen and oxygen atoms in total. The smallest absolute Gasteiger partial charge is 0.252 e. The first kappa shape index (κ1) is 22.5. The Morgan fingerprint density at radius 1 is 1.25 bits per heavy atom. The van der Waals surface area contributed by atoms with Gasteiger partial charge in [-0.05, 0) is 36.2 Å². The van der Waals surface area contributed by atoms with Gasteiger partial charge in [0.15, 0.2) is 11.5 Å². The monoisotopic (exact) mass is 446 g/mol. The number of ether oxygens (including phenoxy) is 2. The number of sulfonamides is 1. The summed E-state index contributed by atoms with van der Waals surface area (Å²) in [6, 6.07) is 8.31. The minimum absolute atomic E-state index is 0.0974. The Kier molecular flexibility index (Phi) is 8.11. The number of hydrogen-bond donors (Lipinski definition) is 1. The molecule has 0 saturated heterocycles. The summed E-state index contributed by atoms with van der Waals surface area (Å²) in [4.78, 5) is 12.2. The van der Waals surface area contributed by atoms with E-state index < -0.39 is 15.9 Å². The van der Waals surface area contributed by atoms with Crippen LogP contribution in [0.25, 0.3) is 0 Å². The lowest BCUT2D eigenvalue weighted by molar-refractivity contribution is -0.121. The number of carbonyl (C=O) groups excluding carboxylic acids is 1. The van der Waals surface area contributed by atoms with E-state index in [1.54, 1.807) is 19.2 Å². The van der Waals surface area contributed by atoms with E-state index in [2.05, 4.69) is 5.32 Å². The van der Waals surface area contributed by atoms with Crippen LogP contribution in [-0.2, 0) is 21.4 Å². The second-order valence-corrected chi connectivity index (χ2v) is 9.92. The molecule has 0 aliphatic heterocycles. The van der Waals surface area contributed by atoms with Gasteiger partial charge in [0.2, 0.25) is 5.91 Å². The molecule has 0 bridgehead atoms. The normalized spacial score (nSPS) is 11.5. The molecule has 1 N–H and O–H groups in total. The molecule has 28 heavy (non-hydrogen) atoms. The van der Waals surface area contributed by atoms with Gasteiger partial charge in [-0.3, -0.25) is 4.79 Å². The van der Waals surface area contributed by atoms with Crippen LogP contribution in [0.5, 0.6) is 11.5 Å². The highest BCUT2D eigenvalue weighted by atomic mass is 35.5. The minimum atomic E-state index is -3.75. The van der Waals surface area contributed by atoms with E-state index in [0.29, 0.717) is 22.4 Å². The molecule has 10 heteroatoms. The van der Waals surface area contributed by atoms with E-state index in [1.807, 2.05) is 13.0 Å². The Hall–Kier alpha value is -1.81. The quantitative estimate of drug-likeness (QED) is 0.606. The summed E-state index contributed by atoms with van der Waals surface area (Å²) in [5, 5.41) is 2.71. The predicted octanol–water partition coefficient (Wildman–Crippen LogP) is 3.14. The molecular formula is C18H23ClN2O5S2. The van der Waals surface area contributed by atoms with Crippen LogP contribution in [0.4, 0.5) is 0 Å². The average molecular weight is 447 g/mol.